The molecule has 1 saturated heterocycles. The number of benzene rings is 4. The van der Waals surface area contributed by atoms with Crippen LogP contribution < -0.4 is 4.74 Å². The van der Waals surface area contributed by atoms with Gasteiger partial charge in [0, 0.05) is 4.90 Å². The van der Waals surface area contributed by atoms with E-state index in [9.17, 15) is 0 Å². The monoisotopic (exact) mass is 582 g/mol. The molecule has 1 aliphatic rings. The first-order valence-electron chi connectivity index (χ1n) is 14.3. The Balaban J connectivity index is 1.46. The molecule has 218 valence electrons. The van der Waals surface area contributed by atoms with Gasteiger partial charge in [-0.25, -0.2) is 0 Å². The van der Waals surface area contributed by atoms with Gasteiger partial charge in [-0.3, -0.25) is 0 Å². The molecule has 0 saturated carbocycles. The molecule has 1 heterocycles. The summed E-state index contributed by atoms with van der Waals surface area (Å²) in [5.41, 5.74) is 2.90. The van der Waals surface area contributed by atoms with Crippen LogP contribution in [-0.4, -0.2) is 37.0 Å². The van der Waals surface area contributed by atoms with Crippen molar-refractivity contribution in [2.24, 2.45) is 0 Å². The van der Waals surface area contributed by atoms with Crippen molar-refractivity contribution in [2.75, 3.05) is 7.11 Å². The molecule has 0 aromatic heterocycles. The first kappa shape index (κ1) is 30.1. The number of methoxy groups -OCH3 is 1. The third-order valence-electron chi connectivity index (χ3n) is 7.08. The molecule has 1 aliphatic heterocycles. The molecule has 4 aromatic rings. The van der Waals surface area contributed by atoms with E-state index < -0.39 is 18.3 Å². The van der Waals surface area contributed by atoms with Crippen LogP contribution in [0.3, 0.4) is 0 Å². The van der Waals surface area contributed by atoms with Crippen molar-refractivity contribution >= 4 is 11.8 Å². The summed E-state index contributed by atoms with van der Waals surface area (Å²) in [6.45, 7) is 3.27. The highest BCUT2D eigenvalue weighted by Gasteiger charge is 2.48. The minimum atomic E-state index is -0.402. The van der Waals surface area contributed by atoms with Gasteiger partial charge in [-0.05, 0) is 47.9 Å². The van der Waals surface area contributed by atoms with Crippen molar-refractivity contribution in [3.63, 3.8) is 0 Å². The molecule has 0 aliphatic carbocycles. The van der Waals surface area contributed by atoms with Gasteiger partial charge in [0.15, 0.2) is 0 Å². The molecule has 0 unspecified atom stereocenters. The van der Waals surface area contributed by atoms with Gasteiger partial charge in [-0.1, -0.05) is 115 Å². The fraction of sp³-hybridized carbons (Fsp3) is 0.278. The van der Waals surface area contributed by atoms with Gasteiger partial charge < -0.3 is 23.7 Å². The summed E-state index contributed by atoms with van der Waals surface area (Å²) in [5, 5.41) is 0. The molecule has 0 bridgehead atoms. The van der Waals surface area contributed by atoms with E-state index >= 15 is 0 Å². The Morgan fingerprint density at radius 3 is 1.67 bits per heavy atom. The van der Waals surface area contributed by atoms with Crippen LogP contribution in [0.25, 0.3) is 0 Å². The van der Waals surface area contributed by atoms with Crippen LogP contribution in [0.2, 0.25) is 0 Å². The Bertz CT molecular complexity index is 1350. The van der Waals surface area contributed by atoms with Gasteiger partial charge in [0.05, 0.1) is 26.9 Å². The topological polar surface area (TPSA) is 46.2 Å². The third kappa shape index (κ3) is 8.34. The Labute approximate surface area is 253 Å². The zero-order chi connectivity index (χ0) is 29.0. The third-order valence-corrected chi connectivity index (χ3v) is 8.24. The smallest absolute Gasteiger partial charge is 0.137 e. The number of ether oxygens (including phenoxy) is 5. The van der Waals surface area contributed by atoms with Crippen molar-refractivity contribution in [1.82, 2.24) is 0 Å². The predicted octanol–water partition coefficient (Wildman–Crippen LogP) is 7.84. The summed E-state index contributed by atoms with van der Waals surface area (Å²) in [7, 11) is 1.67. The summed E-state index contributed by atoms with van der Waals surface area (Å²) >= 11 is 1.65. The van der Waals surface area contributed by atoms with Crippen molar-refractivity contribution in [2.45, 2.75) is 61.5 Å². The fourth-order valence-electron chi connectivity index (χ4n) is 4.91. The summed E-state index contributed by atoms with van der Waals surface area (Å²) in [6.07, 6.45) is 2.54. The number of rotatable bonds is 13. The SMILES string of the molecule is C/C=C/[C@H]1O[C@@H](Sc2ccccc2)[C@H](OCc2ccccc2)[C@@H](OCc2ccccc2)[C@@H]1OCc1ccc(OC)cc1. The molecule has 0 amide bonds. The lowest BCUT2D eigenvalue weighted by molar-refractivity contribution is -0.236. The predicted molar refractivity (Wildman–Crippen MR) is 167 cm³/mol. The van der Waals surface area contributed by atoms with E-state index in [1.54, 1.807) is 18.9 Å². The lowest BCUT2D eigenvalue weighted by Crippen LogP contribution is -2.58. The highest BCUT2D eigenvalue weighted by Crippen LogP contribution is 2.38. The van der Waals surface area contributed by atoms with E-state index in [2.05, 4.69) is 42.5 Å². The maximum absolute atomic E-state index is 6.78. The van der Waals surface area contributed by atoms with Gasteiger partial charge in [0.25, 0.3) is 0 Å². The Hall–Kier alpha value is -3.39. The maximum atomic E-state index is 6.78. The zero-order valence-electron chi connectivity index (χ0n) is 24.1. The van der Waals surface area contributed by atoms with Crippen LogP contribution in [0.1, 0.15) is 23.6 Å². The number of thioether (sulfide) groups is 1. The summed E-state index contributed by atoms with van der Waals surface area (Å²) < 4.78 is 32.2. The molecule has 5 atom stereocenters. The average Bonchev–Trinajstić information content (AvgIpc) is 3.04. The fourth-order valence-corrected chi connectivity index (χ4v) is 6.05. The quantitative estimate of drug-likeness (QED) is 0.150. The van der Waals surface area contributed by atoms with Crippen LogP contribution in [0.5, 0.6) is 5.75 Å². The van der Waals surface area contributed by atoms with Gasteiger partial charge in [0.2, 0.25) is 0 Å². The van der Waals surface area contributed by atoms with Crippen molar-refractivity contribution in [3.05, 3.63) is 144 Å². The highest BCUT2D eigenvalue weighted by molar-refractivity contribution is 7.99. The van der Waals surface area contributed by atoms with Crippen LogP contribution >= 0.6 is 11.8 Å². The average molecular weight is 583 g/mol. The van der Waals surface area contributed by atoms with Crippen LogP contribution in [0, 0.1) is 0 Å². The molecule has 6 heteroatoms. The Morgan fingerprint density at radius 2 is 1.12 bits per heavy atom. The van der Waals surface area contributed by atoms with Gasteiger partial charge in [-0.15, -0.1) is 0 Å². The van der Waals surface area contributed by atoms with Crippen LogP contribution in [0.15, 0.2) is 132 Å². The number of hydrogen-bond donors (Lipinski definition) is 0. The molecule has 0 spiro atoms. The Kier molecular flexibility index (Phi) is 11.3. The summed E-state index contributed by atoms with van der Waals surface area (Å²) in [6, 6.07) is 38.7. The zero-order valence-corrected chi connectivity index (χ0v) is 24.9. The van der Waals surface area contributed by atoms with Crippen molar-refractivity contribution in [1.29, 1.82) is 0 Å². The largest absolute Gasteiger partial charge is 0.497 e. The molecule has 5 rings (SSSR count). The van der Waals surface area contributed by atoms with E-state index in [-0.39, 0.29) is 11.5 Å². The lowest BCUT2D eigenvalue weighted by Gasteiger charge is -2.45. The number of allylic oxidation sites excluding steroid dienone is 1. The van der Waals surface area contributed by atoms with Crippen LogP contribution in [0.4, 0.5) is 0 Å². The molecule has 0 N–H and O–H groups in total. The van der Waals surface area contributed by atoms with Gasteiger partial charge in [0.1, 0.15) is 35.6 Å². The minimum Gasteiger partial charge on any atom is -0.497 e. The molecule has 42 heavy (non-hydrogen) atoms. The second-order valence-corrected chi connectivity index (χ2v) is 11.2. The second kappa shape index (κ2) is 15.7. The van der Waals surface area contributed by atoms with E-state index in [4.69, 9.17) is 23.7 Å². The van der Waals surface area contributed by atoms with E-state index in [0.29, 0.717) is 19.8 Å². The molecule has 0 radical (unpaired) electrons. The normalized spacial score (nSPS) is 22.3. The molecule has 1 fully saturated rings. The molecule has 4 aromatic carbocycles. The summed E-state index contributed by atoms with van der Waals surface area (Å²) in [5.74, 6) is 0.811. The lowest BCUT2D eigenvalue weighted by atomic mass is 9.98. The first-order chi connectivity index (χ1) is 20.7. The summed E-state index contributed by atoms with van der Waals surface area (Å²) in [4.78, 5) is 1.11. The number of hydrogen-bond acceptors (Lipinski definition) is 6. The van der Waals surface area contributed by atoms with E-state index in [1.807, 2.05) is 91.9 Å². The second-order valence-electron chi connectivity index (χ2n) is 10.1. The standard InChI is InChI=1S/C36H38O5S/c1-3-13-32-33(38-26-29-20-22-30(37-2)23-21-29)34(39-24-27-14-7-4-8-15-27)35(40-25-28-16-9-5-10-17-28)36(41-32)42-31-18-11-6-12-19-31/h3-23,32-36H,24-26H2,1-2H3/b13-3+/t32-,33-,34+,35-,36+/m1/s1. The van der Waals surface area contributed by atoms with Crippen molar-refractivity contribution < 1.29 is 23.7 Å². The molecular formula is C36H38O5S. The molecular weight excluding hydrogens is 544 g/mol. The van der Waals surface area contributed by atoms with Gasteiger partial charge >= 0.3 is 0 Å². The van der Waals surface area contributed by atoms with Crippen LogP contribution in [-0.2, 0) is 38.8 Å². The highest BCUT2D eigenvalue weighted by atomic mass is 32.2. The molecule has 5 nitrogen and oxygen atoms in total. The first-order valence-corrected chi connectivity index (χ1v) is 15.2. The maximum Gasteiger partial charge on any atom is 0.137 e. The van der Waals surface area contributed by atoms with E-state index in [1.165, 1.54) is 0 Å². The Morgan fingerprint density at radius 1 is 0.619 bits per heavy atom. The minimum absolute atomic E-state index is 0.320. The van der Waals surface area contributed by atoms with Gasteiger partial charge in [-0.2, -0.15) is 0 Å². The van der Waals surface area contributed by atoms with Crippen molar-refractivity contribution in [3.8, 4) is 5.75 Å². The van der Waals surface area contributed by atoms with E-state index in [0.717, 1.165) is 27.3 Å².